The van der Waals surface area contributed by atoms with E-state index in [1.807, 2.05) is 71.6 Å². The van der Waals surface area contributed by atoms with Gasteiger partial charge in [-0.25, -0.2) is 4.79 Å². The Morgan fingerprint density at radius 1 is 0.825 bits per heavy atom. The molecule has 4 aromatic rings. The van der Waals surface area contributed by atoms with Crippen molar-refractivity contribution in [1.29, 1.82) is 0 Å². The number of aromatic carboxylic acids is 1. The summed E-state index contributed by atoms with van der Waals surface area (Å²) in [5.41, 5.74) is 6.96. The summed E-state index contributed by atoms with van der Waals surface area (Å²) in [5, 5.41) is 12.7. The van der Waals surface area contributed by atoms with Crippen molar-refractivity contribution in [2.24, 2.45) is 5.92 Å². The Morgan fingerprint density at radius 3 is 2.30 bits per heavy atom. The molecular formula is C34H30N2O4. The first-order chi connectivity index (χ1) is 19.5. The van der Waals surface area contributed by atoms with Crippen molar-refractivity contribution in [1.82, 2.24) is 10.2 Å². The molecule has 6 rings (SSSR count). The van der Waals surface area contributed by atoms with Gasteiger partial charge in [-0.05, 0) is 76.4 Å². The minimum Gasteiger partial charge on any atom is -0.478 e. The third kappa shape index (κ3) is 5.13. The Hall–Kier alpha value is -4.71. The van der Waals surface area contributed by atoms with Crippen LogP contribution >= 0.6 is 0 Å². The molecule has 0 bridgehead atoms. The predicted molar refractivity (Wildman–Crippen MR) is 153 cm³/mol. The number of fused-ring (bicyclic) bond motifs is 1. The third-order valence-corrected chi connectivity index (χ3v) is 8.05. The highest BCUT2D eigenvalue weighted by Crippen LogP contribution is 2.47. The lowest BCUT2D eigenvalue weighted by Gasteiger charge is -2.32. The van der Waals surface area contributed by atoms with E-state index >= 15 is 0 Å². The fourth-order valence-electron chi connectivity index (χ4n) is 5.80. The predicted octanol–water partition coefficient (Wildman–Crippen LogP) is 5.67. The van der Waals surface area contributed by atoms with E-state index in [0.29, 0.717) is 31.6 Å². The summed E-state index contributed by atoms with van der Waals surface area (Å²) in [6.45, 7) is 1.36. The molecule has 1 aliphatic heterocycles. The summed E-state index contributed by atoms with van der Waals surface area (Å²) >= 11 is 0. The zero-order valence-corrected chi connectivity index (χ0v) is 22.0. The number of nitrogens with zero attached hydrogens (tertiary/aromatic N) is 1. The molecule has 4 aromatic carbocycles. The zero-order valence-electron chi connectivity index (χ0n) is 22.0. The number of benzene rings is 4. The van der Waals surface area contributed by atoms with Crippen LogP contribution < -0.4 is 5.32 Å². The SMILES string of the molecule is O=C(O)c1cccc(-c2ccc(CNC(=O)[C@H]3C[C@@H]3c3ccccc3)c3c2CCN(C(=O)c2ccccc2)C3)c1. The van der Waals surface area contributed by atoms with Gasteiger partial charge in [-0.15, -0.1) is 0 Å². The lowest BCUT2D eigenvalue weighted by molar-refractivity contribution is -0.122. The van der Waals surface area contributed by atoms with Crippen LogP contribution in [0.3, 0.4) is 0 Å². The second-order valence-electron chi connectivity index (χ2n) is 10.5. The molecule has 2 aliphatic rings. The van der Waals surface area contributed by atoms with Gasteiger partial charge >= 0.3 is 5.97 Å². The molecule has 1 fully saturated rings. The third-order valence-electron chi connectivity index (χ3n) is 8.05. The van der Waals surface area contributed by atoms with Gasteiger partial charge in [0.25, 0.3) is 5.91 Å². The second-order valence-corrected chi connectivity index (χ2v) is 10.5. The van der Waals surface area contributed by atoms with Crippen molar-refractivity contribution in [3.63, 3.8) is 0 Å². The van der Waals surface area contributed by atoms with E-state index in [4.69, 9.17) is 0 Å². The summed E-state index contributed by atoms with van der Waals surface area (Å²) < 4.78 is 0. The first-order valence-corrected chi connectivity index (χ1v) is 13.6. The maximum Gasteiger partial charge on any atom is 0.335 e. The van der Waals surface area contributed by atoms with E-state index in [9.17, 15) is 19.5 Å². The van der Waals surface area contributed by atoms with Crippen molar-refractivity contribution >= 4 is 17.8 Å². The average Bonchev–Trinajstić information content (AvgIpc) is 3.81. The molecule has 40 heavy (non-hydrogen) atoms. The number of rotatable bonds is 7. The van der Waals surface area contributed by atoms with Crippen molar-refractivity contribution in [3.8, 4) is 11.1 Å². The number of nitrogens with one attached hydrogen (secondary N) is 1. The van der Waals surface area contributed by atoms with Gasteiger partial charge in [-0.3, -0.25) is 9.59 Å². The smallest absolute Gasteiger partial charge is 0.335 e. The number of hydrogen-bond donors (Lipinski definition) is 2. The lowest BCUT2D eigenvalue weighted by atomic mass is 9.87. The largest absolute Gasteiger partial charge is 0.478 e. The van der Waals surface area contributed by atoms with Crippen molar-refractivity contribution in [2.75, 3.05) is 6.54 Å². The minimum absolute atomic E-state index is 0.0209. The molecule has 0 aromatic heterocycles. The first-order valence-electron chi connectivity index (χ1n) is 13.6. The summed E-state index contributed by atoms with van der Waals surface area (Å²) in [5.74, 6) is -0.703. The van der Waals surface area contributed by atoms with Gasteiger partial charge in [0.2, 0.25) is 5.91 Å². The van der Waals surface area contributed by atoms with E-state index in [-0.39, 0.29) is 29.2 Å². The van der Waals surface area contributed by atoms with E-state index < -0.39 is 5.97 Å². The monoisotopic (exact) mass is 530 g/mol. The number of carbonyl (C=O) groups excluding carboxylic acids is 2. The number of carbonyl (C=O) groups is 3. The molecule has 2 N–H and O–H groups in total. The highest BCUT2D eigenvalue weighted by Gasteiger charge is 2.43. The quantitative estimate of drug-likeness (QED) is 0.322. The number of amides is 2. The van der Waals surface area contributed by atoms with Crippen molar-refractivity contribution in [3.05, 3.63) is 130 Å². The Kier molecular flexibility index (Phi) is 6.91. The molecule has 6 nitrogen and oxygen atoms in total. The van der Waals surface area contributed by atoms with Crippen molar-refractivity contribution in [2.45, 2.75) is 31.8 Å². The van der Waals surface area contributed by atoms with Gasteiger partial charge in [-0.1, -0.05) is 72.8 Å². The van der Waals surface area contributed by atoms with Crippen LogP contribution in [0.5, 0.6) is 0 Å². The van der Waals surface area contributed by atoms with Crippen LogP contribution in [0.4, 0.5) is 0 Å². The molecule has 0 saturated heterocycles. The Balaban J connectivity index is 1.28. The van der Waals surface area contributed by atoms with Crippen molar-refractivity contribution < 1.29 is 19.5 Å². The summed E-state index contributed by atoms with van der Waals surface area (Å²) in [6.07, 6.45) is 1.49. The summed E-state index contributed by atoms with van der Waals surface area (Å²) in [6, 6.07) is 30.4. The number of carboxylic acids is 1. The molecular weight excluding hydrogens is 500 g/mol. The van der Waals surface area contributed by atoms with Gasteiger partial charge in [0, 0.05) is 31.1 Å². The molecule has 0 radical (unpaired) electrons. The molecule has 6 heteroatoms. The van der Waals surface area contributed by atoms with Gasteiger partial charge < -0.3 is 15.3 Å². The maximum absolute atomic E-state index is 13.3. The van der Waals surface area contributed by atoms with E-state index in [1.165, 1.54) is 5.56 Å². The van der Waals surface area contributed by atoms with E-state index in [2.05, 4.69) is 17.4 Å². The molecule has 2 atom stereocenters. The minimum atomic E-state index is -0.969. The van der Waals surface area contributed by atoms with Crippen LogP contribution in [0.25, 0.3) is 11.1 Å². The molecule has 1 aliphatic carbocycles. The fourth-order valence-corrected chi connectivity index (χ4v) is 5.80. The Morgan fingerprint density at radius 2 is 1.55 bits per heavy atom. The number of carboxylic acid groups (broad SMARTS) is 1. The average molecular weight is 531 g/mol. The van der Waals surface area contributed by atoms with E-state index in [1.54, 1.807) is 18.2 Å². The molecule has 1 saturated carbocycles. The van der Waals surface area contributed by atoms with Crippen LogP contribution in [0.2, 0.25) is 0 Å². The van der Waals surface area contributed by atoms with Gasteiger partial charge in [0.1, 0.15) is 0 Å². The molecule has 2 amide bonds. The number of hydrogen-bond acceptors (Lipinski definition) is 3. The van der Waals surface area contributed by atoms with Crippen LogP contribution in [-0.4, -0.2) is 34.3 Å². The van der Waals surface area contributed by atoms with Gasteiger partial charge in [0.15, 0.2) is 0 Å². The van der Waals surface area contributed by atoms with E-state index in [0.717, 1.165) is 34.2 Å². The van der Waals surface area contributed by atoms with Crippen LogP contribution in [0.1, 0.15) is 55.3 Å². The topological polar surface area (TPSA) is 86.7 Å². The normalized spacial score (nSPS) is 17.6. The first kappa shape index (κ1) is 25.6. The lowest BCUT2D eigenvalue weighted by Crippen LogP contribution is -2.37. The van der Waals surface area contributed by atoms with Crippen LogP contribution in [0, 0.1) is 5.92 Å². The molecule has 0 spiro atoms. The zero-order chi connectivity index (χ0) is 27.6. The maximum atomic E-state index is 13.3. The molecule has 0 unspecified atom stereocenters. The molecule has 200 valence electrons. The standard InChI is InChI=1S/C34H30N2O4/c37-32(30-19-29(30)22-8-3-1-4-9-22)35-20-26-14-15-27(24-12-7-13-25(18-24)34(39)40)28-16-17-36(21-31(26)28)33(38)23-10-5-2-6-11-23/h1-15,18,29-30H,16-17,19-21H2,(H,35,37)(H,39,40)/t29-,30+/m1/s1. The Bertz CT molecular complexity index is 1580. The van der Waals surface area contributed by atoms with Crippen LogP contribution in [-0.2, 0) is 24.3 Å². The second kappa shape index (κ2) is 10.8. The molecule has 1 heterocycles. The van der Waals surface area contributed by atoms with Gasteiger partial charge in [0.05, 0.1) is 5.56 Å². The highest BCUT2D eigenvalue weighted by atomic mass is 16.4. The highest BCUT2D eigenvalue weighted by molar-refractivity contribution is 5.94. The summed E-state index contributed by atoms with van der Waals surface area (Å²) in [4.78, 5) is 39.8. The van der Waals surface area contributed by atoms with Crippen LogP contribution in [0.15, 0.2) is 97.1 Å². The Labute approximate surface area is 233 Å². The summed E-state index contributed by atoms with van der Waals surface area (Å²) in [7, 11) is 0. The fraction of sp³-hybridized carbons (Fsp3) is 0.206. The van der Waals surface area contributed by atoms with Gasteiger partial charge in [-0.2, -0.15) is 0 Å².